The van der Waals surface area contributed by atoms with E-state index >= 15 is 0 Å². The summed E-state index contributed by atoms with van der Waals surface area (Å²) >= 11 is 5.30. The van der Waals surface area contributed by atoms with Crippen molar-refractivity contribution in [2.24, 2.45) is 0 Å². The van der Waals surface area contributed by atoms with E-state index < -0.39 is 0 Å². The number of carbonyl (C=O) groups excluding carboxylic acids is 1. The number of thiol groups is 1. The molecule has 0 amide bonds. The largest absolute Gasteiger partial charge is 0.289 e. The van der Waals surface area contributed by atoms with Crippen molar-refractivity contribution >= 4 is 38.9 Å². The first-order valence-electron chi connectivity index (χ1n) is 2.40. The van der Waals surface area contributed by atoms with Gasteiger partial charge >= 0.3 is 0 Å². The van der Waals surface area contributed by atoms with Gasteiger partial charge in [0, 0.05) is 5.75 Å². The predicted octanol–water partition coefficient (Wildman–Crippen LogP) is 0.554. The van der Waals surface area contributed by atoms with E-state index in [1.54, 1.807) is 11.8 Å². The molecule has 0 spiro atoms. The molecule has 0 heterocycles. The number of hydrogen-bond acceptors (Lipinski definition) is 3. The smallest absolute Gasteiger partial charge is 0.203 e. The van der Waals surface area contributed by atoms with Crippen molar-refractivity contribution in [3.63, 3.8) is 0 Å². The minimum atomic E-state index is -0.131. The van der Waals surface area contributed by atoms with E-state index in [9.17, 15) is 4.79 Å². The maximum atomic E-state index is 10.5. The lowest BCUT2D eigenvalue weighted by molar-refractivity contribution is -0.111. The van der Waals surface area contributed by atoms with Crippen LogP contribution in [0.2, 0.25) is 0 Å². The number of thioether (sulfide) groups is 1. The summed E-state index contributed by atoms with van der Waals surface area (Å²) in [7, 11) is 2.30. The van der Waals surface area contributed by atoms with Crippen LogP contribution in [0.5, 0.6) is 0 Å². The molecule has 0 rings (SSSR count). The minimum Gasteiger partial charge on any atom is -0.289 e. The molecule has 54 valence electrons. The molecular formula is C4H10NOPS2. The lowest BCUT2D eigenvalue weighted by Crippen LogP contribution is -2.29. The lowest BCUT2D eigenvalue weighted by atomic mass is 10.4. The Hall–Kier alpha value is 0.760. The second-order valence-corrected chi connectivity index (χ2v) is 3.20. The molecule has 9 heavy (non-hydrogen) atoms. The number of nitrogens with one attached hydrogen (secondary N) is 1. The van der Waals surface area contributed by atoms with E-state index in [0.29, 0.717) is 0 Å². The number of rotatable bonds is 4. The van der Waals surface area contributed by atoms with E-state index in [1.807, 2.05) is 6.26 Å². The van der Waals surface area contributed by atoms with Gasteiger partial charge in [-0.2, -0.15) is 11.8 Å². The third-order valence-corrected chi connectivity index (χ3v) is 2.21. The summed E-state index contributed by atoms with van der Waals surface area (Å²) in [6.07, 6.45) is 1.95. The van der Waals surface area contributed by atoms with Gasteiger partial charge in [0.05, 0.1) is 6.04 Å². The highest BCUT2D eigenvalue weighted by atomic mass is 32.2. The summed E-state index contributed by atoms with van der Waals surface area (Å²) in [5.74, 6) is 0.770. The van der Waals surface area contributed by atoms with E-state index in [0.717, 1.165) is 5.75 Å². The highest BCUT2D eigenvalue weighted by molar-refractivity contribution is 7.99. The zero-order valence-corrected chi connectivity index (χ0v) is 7.99. The average Bonchev–Trinajstić information content (AvgIpc) is 1.82. The van der Waals surface area contributed by atoms with Crippen LogP contribution in [0.3, 0.4) is 0 Å². The summed E-state index contributed by atoms with van der Waals surface area (Å²) < 4.78 is 0. The van der Waals surface area contributed by atoms with E-state index in [2.05, 4.69) is 27.1 Å². The second kappa shape index (κ2) is 5.54. The predicted molar refractivity (Wildman–Crippen MR) is 49.0 cm³/mol. The van der Waals surface area contributed by atoms with Crippen molar-refractivity contribution in [2.75, 3.05) is 12.0 Å². The molecule has 2 atom stereocenters. The minimum absolute atomic E-state index is 0.112. The highest BCUT2D eigenvalue weighted by Crippen LogP contribution is 2.01. The van der Waals surface area contributed by atoms with Gasteiger partial charge in [0.15, 0.2) is 0 Å². The Bertz CT molecular complexity index is 101. The fourth-order valence-electron chi connectivity index (χ4n) is 0.357. The zero-order valence-electron chi connectivity index (χ0n) is 5.13. The number of hydrogen-bond donors (Lipinski definition) is 2. The Morgan fingerprint density at radius 2 is 2.56 bits per heavy atom. The van der Waals surface area contributed by atoms with Crippen molar-refractivity contribution in [1.82, 2.24) is 5.09 Å². The maximum absolute atomic E-state index is 10.5. The van der Waals surface area contributed by atoms with Gasteiger partial charge in [-0.25, -0.2) is 0 Å². The Morgan fingerprint density at radius 3 is 2.67 bits per heavy atom. The Morgan fingerprint density at radius 1 is 2.00 bits per heavy atom. The molecule has 0 saturated heterocycles. The summed E-state index contributed by atoms with van der Waals surface area (Å²) in [6, 6.07) is -0.131. The van der Waals surface area contributed by atoms with Crippen LogP contribution in [-0.2, 0) is 4.79 Å². The van der Waals surface area contributed by atoms with Gasteiger partial charge in [-0.15, -0.1) is 12.6 Å². The molecule has 5 heteroatoms. The van der Waals surface area contributed by atoms with E-state index in [1.165, 1.54) is 0 Å². The van der Waals surface area contributed by atoms with Crippen LogP contribution in [0, 0.1) is 0 Å². The monoisotopic (exact) mass is 183 g/mol. The van der Waals surface area contributed by atoms with Crippen molar-refractivity contribution in [2.45, 2.75) is 6.04 Å². The zero-order chi connectivity index (χ0) is 7.28. The third-order valence-electron chi connectivity index (χ3n) is 0.833. The standard InChI is InChI=1S/C4H10NOPS2/c1-9-2-3(5-7)4(6)8/h3,5H,2,7H2,1H3,(H,6,8)/t3-/m0/s1. The molecule has 0 aliphatic heterocycles. The van der Waals surface area contributed by atoms with Gasteiger partial charge in [0.1, 0.15) is 0 Å². The second-order valence-electron chi connectivity index (χ2n) is 1.51. The molecule has 2 nitrogen and oxygen atoms in total. The van der Waals surface area contributed by atoms with Gasteiger partial charge in [-0.1, -0.05) is 9.39 Å². The first-order chi connectivity index (χ1) is 4.22. The molecule has 0 aliphatic carbocycles. The molecule has 0 fully saturated rings. The van der Waals surface area contributed by atoms with Crippen molar-refractivity contribution in [3.8, 4) is 0 Å². The highest BCUT2D eigenvalue weighted by Gasteiger charge is 2.09. The quantitative estimate of drug-likeness (QED) is 0.493. The van der Waals surface area contributed by atoms with Crippen LogP contribution in [0.25, 0.3) is 0 Å². The van der Waals surface area contributed by atoms with Crippen LogP contribution in [0.4, 0.5) is 0 Å². The van der Waals surface area contributed by atoms with Gasteiger partial charge < -0.3 is 0 Å². The molecule has 0 radical (unpaired) electrons. The van der Waals surface area contributed by atoms with Crippen molar-refractivity contribution in [1.29, 1.82) is 0 Å². The maximum Gasteiger partial charge on any atom is 0.203 e. The summed E-state index contributed by atoms with van der Waals surface area (Å²) in [5, 5.41) is 2.66. The molecular weight excluding hydrogens is 173 g/mol. The SMILES string of the molecule is CSC[C@H](NP)C(=O)S. The van der Waals surface area contributed by atoms with Gasteiger partial charge in [-0.05, 0) is 6.26 Å². The molecule has 0 aromatic rings. The summed E-state index contributed by atoms with van der Waals surface area (Å²) in [4.78, 5) is 10.5. The molecule has 0 bridgehead atoms. The topological polar surface area (TPSA) is 29.1 Å². The van der Waals surface area contributed by atoms with E-state index in [-0.39, 0.29) is 11.2 Å². The van der Waals surface area contributed by atoms with Crippen LogP contribution in [0.1, 0.15) is 0 Å². The molecule has 0 saturated carbocycles. The molecule has 0 aliphatic rings. The summed E-state index contributed by atoms with van der Waals surface area (Å²) in [6.45, 7) is 0. The number of carbonyl (C=O) groups is 1. The van der Waals surface area contributed by atoms with Crippen molar-refractivity contribution in [3.05, 3.63) is 0 Å². The average molecular weight is 183 g/mol. The normalized spacial score (nSPS) is 13.2. The first-order valence-corrected chi connectivity index (χ1v) is 4.82. The van der Waals surface area contributed by atoms with Gasteiger partial charge in [0.2, 0.25) is 5.12 Å². The van der Waals surface area contributed by atoms with Gasteiger partial charge in [0.25, 0.3) is 0 Å². The molecule has 0 aromatic heterocycles. The molecule has 1 N–H and O–H groups in total. The summed E-state index contributed by atoms with van der Waals surface area (Å²) in [5.41, 5.74) is 0. The molecule has 0 aromatic carbocycles. The van der Waals surface area contributed by atoms with Crippen LogP contribution in [0.15, 0.2) is 0 Å². The fraction of sp³-hybridized carbons (Fsp3) is 0.750. The fourth-order valence-corrected chi connectivity index (χ4v) is 1.81. The Balaban J connectivity index is 3.54. The van der Waals surface area contributed by atoms with Gasteiger partial charge in [-0.3, -0.25) is 9.88 Å². The third kappa shape index (κ3) is 4.20. The van der Waals surface area contributed by atoms with E-state index in [4.69, 9.17) is 0 Å². The molecule has 1 unspecified atom stereocenters. The lowest BCUT2D eigenvalue weighted by Gasteiger charge is -2.07. The van der Waals surface area contributed by atoms with Crippen LogP contribution in [-0.4, -0.2) is 23.2 Å². The van der Waals surface area contributed by atoms with Crippen LogP contribution >= 0.6 is 33.8 Å². The first kappa shape index (κ1) is 9.76. The van der Waals surface area contributed by atoms with Crippen LogP contribution < -0.4 is 5.09 Å². The Kier molecular flexibility index (Phi) is 6.01. The van der Waals surface area contributed by atoms with Crippen molar-refractivity contribution < 1.29 is 4.79 Å². The Labute approximate surface area is 67.2 Å².